The Kier molecular flexibility index (Phi) is 6.32. The highest BCUT2D eigenvalue weighted by molar-refractivity contribution is 6.32. The van der Waals surface area contributed by atoms with Crippen LogP contribution >= 0.6 is 11.6 Å². The summed E-state index contributed by atoms with van der Waals surface area (Å²) in [6.45, 7) is 2.93. The van der Waals surface area contributed by atoms with Crippen molar-refractivity contribution in [1.29, 1.82) is 0 Å². The molecule has 0 saturated heterocycles. The van der Waals surface area contributed by atoms with Gasteiger partial charge in [0, 0.05) is 29.0 Å². The molecule has 0 saturated carbocycles. The van der Waals surface area contributed by atoms with Crippen LogP contribution in [0.25, 0.3) is 0 Å². The molecule has 164 valence electrons. The number of anilines is 2. The average molecular weight is 451 g/mol. The van der Waals surface area contributed by atoms with E-state index in [0.717, 1.165) is 12.1 Å². The van der Waals surface area contributed by atoms with Gasteiger partial charge in [-0.25, -0.2) is 0 Å². The van der Waals surface area contributed by atoms with E-state index in [1.54, 1.807) is 35.2 Å². The van der Waals surface area contributed by atoms with Crippen LogP contribution in [0.3, 0.4) is 0 Å². The van der Waals surface area contributed by atoms with Crippen LogP contribution in [0.4, 0.5) is 11.4 Å². The Morgan fingerprint density at radius 2 is 1.81 bits per heavy atom. The summed E-state index contributed by atoms with van der Waals surface area (Å²) in [5.41, 5.74) is 3.59. The first-order chi connectivity index (χ1) is 15.5. The molecule has 0 spiro atoms. The molecule has 0 aromatic heterocycles. The van der Waals surface area contributed by atoms with E-state index >= 15 is 0 Å². The van der Waals surface area contributed by atoms with Crippen molar-refractivity contribution in [2.45, 2.75) is 13.3 Å². The van der Waals surface area contributed by atoms with Gasteiger partial charge in [0.15, 0.2) is 11.5 Å². The fraction of sp³-hybridized carbons (Fsp3) is 0.200. The van der Waals surface area contributed by atoms with Gasteiger partial charge in [-0.2, -0.15) is 0 Å². The number of hydrogen-bond acceptors (Lipinski definition) is 4. The average Bonchev–Trinajstić information content (AvgIpc) is 3.24. The fourth-order valence-corrected chi connectivity index (χ4v) is 4.01. The zero-order valence-electron chi connectivity index (χ0n) is 17.9. The minimum Gasteiger partial charge on any atom is -0.493 e. The standard InChI is InChI=1S/C25H23ClN2O4/c1-3-32-23-20(26)14-18(15-22(23)31-2)24(29)27-19-10-8-17(9-11-19)25(30)28-13-12-16-6-4-5-7-21(16)28/h4-11,14-15H,3,12-13H2,1-2H3,(H,27,29). The van der Waals surface area contributed by atoms with E-state index in [4.69, 9.17) is 21.1 Å². The maximum Gasteiger partial charge on any atom is 0.258 e. The summed E-state index contributed by atoms with van der Waals surface area (Å²) < 4.78 is 10.8. The van der Waals surface area contributed by atoms with Crippen LogP contribution in [0.5, 0.6) is 11.5 Å². The van der Waals surface area contributed by atoms with E-state index in [1.165, 1.54) is 18.7 Å². The fourth-order valence-electron chi connectivity index (χ4n) is 3.74. The molecule has 0 bridgehead atoms. The highest BCUT2D eigenvalue weighted by atomic mass is 35.5. The van der Waals surface area contributed by atoms with Crippen molar-refractivity contribution in [1.82, 2.24) is 0 Å². The van der Waals surface area contributed by atoms with Gasteiger partial charge in [-0.3, -0.25) is 9.59 Å². The summed E-state index contributed by atoms with van der Waals surface area (Å²) >= 11 is 6.27. The summed E-state index contributed by atoms with van der Waals surface area (Å²) in [7, 11) is 1.49. The molecule has 6 nitrogen and oxygen atoms in total. The van der Waals surface area contributed by atoms with E-state index in [2.05, 4.69) is 5.32 Å². The normalized spacial score (nSPS) is 12.3. The molecule has 1 aliphatic rings. The molecule has 1 heterocycles. The molecule has 0 aliphatic carbocycles. The topological polar surface area (TPSA) is 67.9 Å². The van der Waals surface area contributed by atoms with Gasteiger partial charge in [0.2, 0.25) is 0 Å². The highest BCUT2D eigenvalue weighted by Crippen LogP contribution is 2.36. The molecule has 3 aromatic rings. The van der Waals surface area contributed by atoms with Crippen molar-refractivity contribution >= 4 is 34.8 Å². The predicted molar refractivity (Wildman–Crippen MR) is 125 cm³/mol. The smallest absolute Gasteiger partial charge is 0.258 e. The summed E-state index contributed by atoms with van der Waals surface area (Å²) in [5, 5.41) is 3.12. The van der Waals surface area contributed by atoms with Crippen LogP contribution in [-0.2, 0) is 6.42 Å². The first-order valence-electron chi connectivity index (χ1n) is 10.3. The zero-order valence-corrected chi connectivity index (χ0v) is 18.6. The van der Waals surface area contributed by atoms with Crippen LogP contribution < -0.4 is 19.7 Å². The minimum atomic E-state index is -0.346. The Hall–Kier alpha value is -3.51. The van der Waals surface area contributed by atoms with Crippen molar-refractivity contribution in [3.05, 3.63) is 82.4 Å². The Balaban J connectivity index is 1.48. The van der Waals surface area contributed by atoms with Gasteiger partial charge in [0.05, 0.1) is 18.7 Å². The summed E-state index contributed by atoms with van der Waals surface area (Å²) in [4.78, 5) is 27.5. The van der Waals surface area contributed by atoms with E-state index in [-0.39, 0.29) is 11.8 Å². The number of ether oxygens (including phenoxy) is 2. The van der Waals surface area contributed by atoms with Crippen molar-refractivity contribution in [2.75, 3.05) is 30.5 Å². The second-order valence-corrected chi connectivity index (χ2v) is 7.70. The number of nitrogens with one attached hydrogen (secondary N) is 1. The third-order valence-corrected chi connectivity index (χ3v) is 5.58. The van der Waals surface area contributed by atoms with Gasteiger partial charge < -0.3 is 19.7 Å². The third-order valence-electron chi connectivity index (χ3n) is 5.30. The lowest BCUT2D eigenvalue weighted by Gasteiger charge is -2.17. The molecule has 0 fully saturated rings. The van der Waals surface area contributed by atoms with E-state index in [0.29, 0.717) is 46.5 Å². The molecule has 32 heavy (non-hydrogen) atoms. The number of hydrogen-bond donors (Lipinski definition) is 1. The monoisotopic (exact) mass is 450 g/mol. The van der Waals surface area contributed by atoms with Gasteiger partial charge in [0.25, 0.3) is 11.8 Å². The second-order valence-electron chi connectivity index (χ2n) is 7.29. The van der Waals surface area contributed by atoms with Crippen LogP contribution in [0.1, 0.15) is 33.2 Å². The molecule has 4 rings (SSSR count). The number of rotatable bonds is 6. The lowest BCUT2D eigenvalue weighted by molar-refractivity contribution is 0.0988. The zero-order chi connectivity index (χ0) is 22.7. The summed E-state index contributed by atoms with van der Waals surface area (Å²) in [6.07, 6.45) is 0.851. The number of methoxy groups -OCH3 is 1. The Morgan fingerprint density at radius 1 is 1.06 bits per heavy atom. The lowest BCUT2D eigenvalue weighted by Crippen LogP contribution is -2.28. The first-order valence-corrected chi connectivity index (χ1v) is 10.7. The number of halogens is 1. The molecule has 2 amide bonds. The van der Waals surface area contributed by atoms with Crippen LogP contribution in [-0.4, -0.2) is 32.1 Å². The predicted octanol–water partition coefficient (Wildman–Crippen LogP) is 5.20. The third kappa shape index (κ3) is 4.27. The summed E-state index contributed by atoms with van der Waals surface area (Å²) in [5.74, 6) is 0.382. The summed E-state index contributed by atoms with van der Waals surface area (Å²) in [6, 6.07) is 17.9. The SMILES string of the molecule is CCOc1c(Cl)cc(C(=O)Nc2ccc(C(=O)N3CCc4ccccc43)cc2)cc1OC. The van der Waals surface area contributed by atoms with Crippen LogP contribution in [0, 0.1) is 0 Å². The van der Waals surface area contributed by atoms with Gasteiger partial charge in [-0.1, -0.05) is 29.8 Å². The first kappa shape index (κ1) is 21.7. The number of nitrogens with zero attached hydrogens (tertiary/aromatic N) is 1. The van der Waals surface area contributed by atoms with Crippen LogP contribution in [0.15, 0.2) is 60.7 Å². The number of carbonyl (C=O) groups excluding carboxylic acids is 2. The maximum absolute atomic E-state index is 13.0. The lowest BCUT2D eigenvalue weighted by atomic mass is 10.1. The maximum atomic E-state index is 13.0. The Labute approximate surface area is 191 Å². The molecule has 0 unspecified atom stereocenters. The van der Waals surface area contributed by atoms with Crippen molar-refractivity contribution in [3.63, 3.8) is 0 Å². The highest BCUT2D eigenvalue weighted by Gasteiger charge is 2.25. The number of para-hydroxylation sites is 1. The largest absolute Gasteiger partial charge is 0.493 e. The van der Waals surface area contributed by atoms with Gasteiger partial charge in [-0.05, 0) is 61.4 Å². The molecular weight excluding hydrogens is 428 g/mol. The van der Waals surface area contributed by atoms with Crippen LogP contribution in [0.2, 0.25) is 5.02 Å². The van der Waals surface area contributed by atoms with E-state index < -0.39 is 0 Å². The Bertz CT molecular complexity index is 1160. The molecule has 1 aliphatic heterocycles. The number of carbonyl (C=O) groups is 2. The van der Waals surface area contributed by atoms with Gasteiger partial charge in [0.1, 0.15) is 0 Å². The second kappa shape index (κ2) is 9.32. The molecular formula is C25H23ClN2O4. The van der Waals surface area contributed by atoms with Crippen molar-refractivity contribution in [3.8, 4) is 11.5 Å². The number of fused-ring (bicyclic) bond motifs is 1. The number of amides is 2. The number of benzene rings is 3. The van der Waals surface area contributed by atoms with Gasteiger partial charge >= 0.3 is 0 Å². The Morgan fingerprint density at radius 3 is 2.53 bits per heavy atom. The minimum absolute atomic E-state index is 0.0594. The molecule has 0 atom stereocenters. The van der Waals surface area contributed by atoms with Gasteiger partial charge in [-0.15, -0.1) is 0 Å². The molecule has 7 heteroatoms. The molecule has 3 aromatic carbocycles. The van der Waals surface area contributed by atoms with E-state index in [1.807, 2.05) is 31.2 Å². The van der Waals surface area contributed by atoms with E-state index in [9.17, 15) is 9.59 Å². The quantitative estimate of drug-likeness (QED) is 0.560. The molecule has 1 N–H and O–H groups in total. The molecule has 0 radical (unpaired) electrons. The van der Waals surface area contributed by atoms with Crippen molar-refractivity contribution in [2.24, 2.45) is 0 Å². The van der Waals surface area contributed by atoms with Crippen molar-refractivity contribution < 1.29 is 19.1 Å².